The van der Waals surface area contributed by atoms with E-state index in [4.69, 9.17) is 15.2 Å². The molecule has 3 aromatic rings. The number of aromatic nitrogens is 1. The van der Waals surface area contributed by atoms with Crippen molar-refractivity contribution >= 4 is 41.3 Å². The van der Waals surface area contributed by atoms with Gasteiger partial charge in [0.25, 0.3) is 0 Å². The van der Waals surface area contributed by atoms with Crippen LogP contribution in [0.25, 0.3) is 22.0 Å². The lowest BCUT2D eigenvalue weighted by atomic mass is 10.0. The van der Waals surface area contributed by atoms with Crippen LogP contribution in [0, 0.1) is 6.92 Å². The minimum atomic E-state index is 0. The Morgan fingerprint density at radius 2 is 1.54 bits per heavy atom. The molecule has 0 saturated heterocycles. The third-order valence-corrected chi connectivity index (χ3v) is 3.76. The maximum Gasteiger partial charge on any atom is 0.161 e. The SMILES string of the molecule is COc1cc2cc(-c3ccccc3N)nc(C)c2cc1OC.Cl.Cl. The van der Waals surface area contributed by atoms with E-state index >= 15 is 0 Å². The minimum absolute atomic E-state index is 0. The number of hydrogen-bond acceptors (Lipinski definition) is 4. The van der Waals surface area contributed by atoms with Crippen LogP contribution < -0.4 is 15.2 Å². The van der Waals surface area contributed by atoms with Gasteiger partial charge in [0.15, 0.2) is 11.5 Å². The molecule has 0 radical (unpaired) electrons. The second-order valence-electron chi connectivity index (χ2n) is 5.11. The molecule has 0 saturated carbocycles. The molecule has 2 N–H and O–H groups in total. The van der Waals surface area contributed by atoms with E-state index in [1.54, 1.807) is 14.2 Å². The van der Waals surface area contributed by atoms with Crippen molar-refractivity contribution in [3.63, 3.8) is 0 Å². The Labute approximate surface area is 153 Å². The van der Waals surface area contributed by atoms with E-state index in [-0.39, 0.29) is 24.8 Å². The number of benzene rings is 2. The molecule has 0 amide bonds. The second kappa shape index (κ2) is 8.08. The van der Waals surface area contributed by atoms with Gasteiger partial charge in [-0.3, -0.25) is 4.98 Å². The number of nitrogen functional groups attached to an aromatic ring is 1. The van der Waals surface area contributed by atoms with E-state index in [2.05, 4.69) is 4.98 Å². The molecular formula is C18H20Cl2N2O2. The zero-order chi connectivity index (χ0) is 15.7. The van der Waals surface area contributed by atoms with Crippen molar-refractivity contribution in [3.05, 3.63) is 48.2 Å². The predicted octanol–water partition coefficient (Wildman–Crippen LogP) is 4.65. The Bertz CT molecular complexity index is 854. The molecule has 0 aliphatic heterocycles. The molecule has 1 heterocycles. The Morgan fingerprint density at radius 3 is 2.17 bits per heavy atom. The number of halogens is 2. The highest BCUT2D eigenvalue weighted by atomic mass is 35.5. The summed E-state index contributed by atoms with van der Waals surface area (Å²) in [7, 11) is 3.26. The molecule has 0 atom stereocenters. The summed E-state index contributed by atoms with van der Waals surface area (Å²) in [6.45, 7) is 1.98. The summed E-state index contributed by atoms with van der Waals surface area (Å²) in [5.74, 6) is 1.40. The molecule has 0 aliphatic rings. The molecule has 2 aromatic carbocycles. The summed E-state index contributed by atoms with van der Waals surface area (Å²) in [5.41, 5.74) is 9.50. The Hall–Kier alpha value is -2.17. The van der Waals surface area contributed by atoms with Gasteiger partial charge in [-0.25, -0.2) is 0 Å². The predicted molar refractivity (Wildman–Crippen MR) is 104 cm³/mol. The molecule has 4 nitrogen and oxygen atoms in total. The number of anilines is 1. The Balaban J connectivity index is 0.00000144. The molecule has 24 heavy (non-hydrogen) atoms. The number of para-hydroxylation sites is 1. The molecule has 0 spiro atoms. The van der Waals surface area contributed by atoms with Crippen LogP contribution >= 0.6 is 24.8 Å². The molecule has 0 aliphatic carbocycles. The van der Waals surface area contributed by atoms with E-state index in [1.165, 1.54) is 0 Å². The van der Waals surface area contributed by atoms with Gasteiger partial charge in [-0.1, -0.05) is 18.2 Å². The van der Waals surface area contributed by atoms with Crippen LogP contribution in [0.15, 0.2) is 42.5 Å². The van der Waals surface area contributed by atoms with Crippen molar-refractivity contribution in [2.75, 3.05) is 20.0 Å². The van der Waals surface area contributed by atoms with Crippen LogP contribution in [0.4, 0.5) is 5.69 Å². The Kier molecular flexibility index (Phi) is 6.70. The fourth-order valence-electron chi connectivity index (χ4n) is 2.62. The molecule has 0 unspecified atom stereocenters. The van der Waals surface area contributed by atoms with Crippen molar-refractivity contribution in [3.8, 4) is 22.8 Å². The smallest absolute Gasteiger partial charge is 0.161 e. The first-order valence-electron chi connectivity index (χ1n) is 7.02. The third kappa shape index (κ3) is 3.50. The first kappa shape index (κ1) is 19.9. The highest BCUT2D eigenvalue weighted by Crippen LogP contribution is 2.35. The lowest BCUT2D eigenvalue weighted by Gasteiger charge is -2.12. The topological polar surface area (TPSA) is 57.4 Å². The maximum atomic E-state index is 6.06. The van der Waals surface area contributed by atoms with Gasteiger partial charge < -0.3 is 15.2 Å². The molecule has 128 valence electrons. The number of rotatable bonds is 3. The number of pyridine rings is 1. The van der Waals surface area contributed by atoms with E-state index in [0.29, 0.717) is 17.2 Å². The summed E-state index contributed by atoms with van der Waals surface area (Å²) in [5, 5.41) is 2.08. The van der Waals surface area contributed by atoms with E-state index in [1.807, 2.05) is 49.4 Å². The summed E-state index contributed by atoms with van der Waals surface area (Å²) in [6, 6.07) is 13.7. The molecule has 0 bridgehead atoms. The first-order valence-corrected chi connectivity index (χ1v) is 7.02. The molecule has 6 heteroatoms. The van der Waals surface area contributed by atoms with Crippen LogP contribution in [-0.2, 0) is 0 Å². The van der Waals surface area contributed by atoms with Crippen molar-refractivity contribution < 1.29 is 9.47 Å². The number of fused-ring (bicyclic) bond motifs is 1. The highest BCUT2D eigenvalue weighted by molar-refractivity contribution is 5.91. The summed E-state index contributed by atoms with van der Waals surface area (Å²) in [4.78, 5) is 4.69. The monoisotopic (exact) mass is 366 g/mol. The summed E-state index contributed by atoms with van der Waals surface area (Å²) >= 11 is 0. The van der Waals surface area contributed by atoms with E-state index in [9.17, 15) is 0 Å². The van der Waals surface area contributed by atoms with Gasteiger partial charge in [0.2, 0.25) is 0 Å². The van der Waals surface area contributed by atoms with Gasteiger partial charge in [0.05, 0.1) is 19.9 Å². The van der Waals surface area contributed by atoms with E-state index in [0.717, 1.165) is 27.7 Å². The van der Waals surface area contributed by atoms with Gasteiger partial charge in [-0.05, 0) is 36.6 Å². The van der Waals surface area contributed by atoms with Gasteiger partial charge in [-0.15, -0.1) is 24.8 Å². The van der Waals surface area contributed by atoms with Crippen molar-refractivity contribution in [2.45, 2.75) is 6.92 Å². The van der Waals surface area contributed by atoms with Crippen molar-refractivity contribution in [1.82, 2.24) is 4.98 Å². The second-order valence-corrected chi connectivity index (χ2v) is 5.11. The Morgan fingerprint density at radius 1 is 0.917 bits per heavy atom. The highest BCUT2D eigenvalue weighted by Gasteiger charge is 2.11. The quantitative estimate of drug-likeness (QED) is 0.685. The van der Waals surface area contributed by atoms with Gasteiger partial charge in [0, 0.05) is 22.3 Å². The zero-order valence-electron chi connectivity index (χ0n) is 13.7. The van der Waals surface area contributed by atoms with E-state index < -0.39 is 0 Å². The fourth-order valence-corrected chi connectivity index (χ4v) is 2.62. The molecule has 3 rings (SSSR count). The number of ether oxygens (including phenoxy) is 2. The van der Waals surface area contributed by atoms with Crippen molar-refractivity contribution in [2.24, 2.45) is 0 Å². The standard InChI is InChI=1S/C18H18N2O2.2ClH/c1-11-14-10-18(22-3)17(21-2)9-12(14)8-16(20-11)13-6-4-5-7-15(13)19;;/h4-10H,19H2,1-3H3;2*1H. The normalized spacial score (nSPS) is 9.79. The number of nitrogens with zero attached hydrogens (tertiary/aromatic N) is 1. The van der Waals surface area contributed by atoms with Crippen LogP contribution in [-0.4, -0.2) is 19.2 Å². The van der Waals surface area contributed by atoms with Crippen molar-refractivity contribution in [1.29, 1.82) is 0 Å². The number of methoxy groups -OCH3 is 2. The van der Waals surface area contributed by atoms with Crippen LogP contribution in [0.2, 0.25) is 0 Å². The fraction of sp³-hybridized carbons (Fsp3) is 0.167. The summed E-state index contributed by atoms with van der Waals surface area (Å²) in [6.07, 6.45) is 0. The lowest BCUT2D eigenvalue weighted by molar-refractivity contribution is 0.356. The van der Waals surface area contributed by atoms with Gasteiger partial charge in [-0.2, -0.15) is 0 Å². The zero-order valence-corrected chi connectivity index (χ0v) is 15.3. The average Bonchev–Trinajstić information content (AvgIpc) is 2.54. The number of hydrogen-bond donors (Lipinski definition) is 1. The number of aryl methyl sites for hydroxylation is 1. The van der Waals surface area contributed by atoms with Crippen LogP contribution in [0.3, 0.4) is 0 Å². The van der Waals surface area contributed by atoms with Gasteiger partial charge in [0.1, 0.15) is 0 Å². The average molecular weight is 367 g/mol. The molecular weight excluding hydrogens is 347 g/mol. The summed E-state index contributed by atoms with van der Waals surface area (Å²) < 4.78 is 10.7. The van der Waals surface area contributed by atoms with Crippen LogP contribution in [0.1, 0.15) is 5.69 Å². The molecule has 0 fully saturated rings. The van der Waals surface area contributed by atoms with Gasteiger partial charge >= 0.3 is 0 Å². The third-order valence-electron chi connectivity index (χ3n) is 3.76. The molecule has 1 aromatic heterocycles. The minimum Gasteiger partial charge on any atom is -0.493 e. The van der Waals surface area contributed by atoms with Crippen LogP contribution in [0.5, 0.6) is 11.5 Å². The maximum absolute atomic E-state index is 6.06. The number of nitrogens with two attached hydrogens (primary N) is 1. The first-order chi connectivity index (χ1) is 10.6. The lowest BCUT2D eigenvalue weighted by Crippen LogP contribution is -1.96. The largest absolute Gasteiger partial charge is 0.493 e.